The van der Waals surface area contributed by atoms with Gasteiger partial charge in [-0.25, -0.2) is 13.6 Å². The molecule has 1 rings (SSSR count). The second kappa shape index (κ2) is 8.54. The van der Waals surface area contributed by atoms with Gasteiger partial charge in [0.25, 0.3) is 10.1 Å². The van der Waals surface area contributed by atoms with Gasteiger partial charge in [0.2, 0.25) is 0 Å². The van der Waals surface area contributed by atoms with Crippen LogP contribution in [-0.4, -0.2) is 33.0 Å². The van der Waals surface area contributed by atoms with Crippen LogP contribution in [0, 0.1) is 11.6 Å². The average Bonchev–Trinajstić information content (AvgIpc) is 2.37. The SMILES string of the molecule is CC(C)(C)OC(=O)NOCC[C@@H](OS(C)(=O)=O)c1cc(F)cc(F)c1. The molecular weight excluding hydrogens is 360 g/mol. The molecule has 25 heavy (non-hydrogen) atoms. The van der Waals surface area contributed by atoms with Crippen molar-refractivity contribution >= 4 is 16.2 Å². The summed E-state index contributed by atoms with van der Waals surface area (Å²) in [4.78, 5) is 16.3. The first-order valence-corrected chi connectivity index (χ1v) is 9.12. The lowest BCUT2D eigenvalue weighted by Crippen LogP contribution is -2.33. The van der Waals surface area contributed by atoms with E-state index in [1.54, 1.807) is 20.8 Å². The molecule has 1 aromatic rings. The van der Waals surface area contributed by atoms with Gasteiger partial charge in [0.1, 0.15) is 23.3 Å². The van der Waals surface area contributed by atoms with Gasteiger partial charge in [0, 0.05) is 12.5 Å². The smallest absolute Gasteiger partial charge is 0.431 e. The minimum Gasteiger partial charge on any atom is -0.442 e. The molecule has 0 heterocycles. The van der Waals surface area contributed by atoms with Crippen LogP contribution in [0.25, 0.3) is 0 Å². The van der Waals surface area contributed by atoms with E-state index in [0.29, 0.717) is 6.07 Å². The van der Waals surface area contributed by atoms with E-state index in [-0.39, 0.29) is 18.6 Å². The molecule has 10 heteroatoms. The van der Waals surface area contributed by atoms with Crippen LogP contribution in [-0.2, 0) is 23.9 Å². The highest BCUT2D eigenvalue weighted by molar-refractivity contribution is 7.86. The van der Waals surface area contributed by atoms with Crippen molar-refractivity contribution < 1.29 is 35.8 Å². The summed E-state index contributed by atoms with van der Waals surface area (Å²) < 4.78 is 59.1. The van der Waals surface area contributed by atoms with E-state index in [0.717, 1.165) is 18.4 Å². The van der Waals surface area contributed by atoms with Gasteiger partial charge in [-0.3, -0.25) is 9.02 Å². The van der Waals surface area contributed by atoms with Crippen LogP contribution in [0.5, 0.6) is 0 Å². The van der Waals surface area contributed by atoms with Gasteiger partial charge >= 0.3 is 6.09 Å². The van der Waals surface area contributed by atoms with Crippen LogP contribution in [0.4, 0.5) is 13.6 Å². The molecule has 1 atom stereocenters. The second-order valence-electron chi connectivity index (χ2n) is 6.23. The molecule has 0 spiro atoms. The number of hydroxylamine groups is 1. The monoisotopic (exact) mass is 381 g/mol. The van der Waals surface area contributed by atoms with Crippen LogP contribution in [0.15, 0.2) is 18.2 Å². The van der Waals surface area contributed by atoms with E-state index in [1.165, 1.54) is 0 Å². The molecule has 0 saturated carbocycles. The van der Waals surface area contributed by atoms with Crippen molar-refractivity contribution in [1.82, 2.24) is 5.48 Å². The van der Waals surface area contributed by atoms with Crippen LogP contribution in [0.3, 0.4) is 0 Å². The zero-order chi connectivity index (χ0) is 19.3. The van der Waals surface area contributed by atoms with Gasteiger partial charge in [-0.2, -0.15) is 13.9 Å². The number of amides is 1. The number of nitrogens with one attached hydrogen (secondary N) is 1. The summed E-state index contributed by atoms with van der Waals surface area (Å²) in [5.41, 5.74) is 1.29. The number of hydrogen-bond donors (Lipinski definition) is 1. The number of carbonyl (C=O) groups is 1. The molecule has 0 saturated heterocycles. The largest absolute Gasteiger partial charge is 0.442 e. The van der Waals surface area contributed by atoms with Crippen molar-refractivity contribution in [1.29, 1.82) is 0 Å². The van der Waals surface area contributed by atoms with Crippen molar-refractivity contribution in [2.75, 3.05) is 12.9 Å². The Morgan fingerprint density at radius 1 is 1.20 bits per heavy atom. The molecule has 0 aliphatic rings. The van der Waals surface area contributed by atoms with Crippen molar-refractivity contribution in [3.05, 3.63) is 35.4 Å². The Hall–Kier alpha value is -1.78. The summed E-state index contributed by atoms with van der Waals surface area (Å²) in [6, 6.07) is 2.57. The van der Waals surface area contributed by atoms with E-state index >= 15 is 0 Å². The third-order valence-corrected chi connectivity index (χ3v) is 3.17. The minimum absolute atomic E-state index is 0.0104. The maximum Gasteiger partial charge on any atom is 0.431 e. The molecule has 0 aliphatic carbocycles. The first kappa shape index (κ1) is 21.3. The molecule has 0 bridgehead atoms. The molecule has 1 aromatic carbocycles. The molecular formula is C15H21F2NO6S. The van der Waals surface area contributed by atoms with Crippen LogP contribution >= 0.6 is 0 Å². The average molecular weight is 381 g/mol. The Morgan fingerprint density at radius 3 is 2.24 bits per heavy atom. The van der Waals surface area contributed by atoms with Crippen LogP contribution in [0.1, 0.15) is 38.9 Å². The Bertz CT molecular complexity index is 682. The number of carbonyl (C=O) groups excluding carboxylic acids is 1. The highest BCUT2D eigenvalue weighted by atomic mass is 32.2. The lowest BCUT2D eigenvalue weighted by atomic mass is 10.1. The van der Waals surface area contributed by atoms with Gasteiger partial charge in [0.05, 0.1) is 12.9 Å². The summed E-state index contributed by atoms with van der Waals surface area (Å²) >= 11 is 0. The summed E-state index contributed by atoms with van der Waals surface area (Å²) in [6.45, 7) is 4.82. The third-order valence-electron chi connectivity index (χ3n) is 2.58. The highest BCUT2D eigenvalue weighted by Gasteiger charge is 2.20. The summed E-state index contributed by atoms with van der Waals surface area (Å²) in [6.07, 6.45) is -1.29. The number of halogens is 2. The van der Waals surface area contributed by atoms with Gasteiger partial charge in [-0.15, -0.1) is 0 Å². The zero-order valence-electron chi connectivity index (χ0n) is 14.3. The van der Waals surface area contributed by atoms with Gasteiger partial charge in [-0.05, 0) is 38.5 Å². The van der Waals surface area contributed by atoms with Crippen molar-refractivity contribution in [3.63, 3.8) is 0 Å². The maximum absolute atomic E-state index is 13.3. The fourth-order valence-corrected chi connectivity index (χ4v) is 2.45. The number of rotatable bonds is 7. The molecule has 7 nitrogen and oxygen atoms in total. The fraction of sp³-hybridized carbons (Fsp3) is 0.533. The van der Waals surface area contributed by atoms with E-state index in [1.807, 2.05) is 5.48 Å². The summed E-state index contributed by atoms with van der Waals surface area (Å²) in [5, 5.41) is 0. The molecule has 0 aromatic heterocycles. The topological polar surface area (TPSA) is 90.9 Å². The van der Waals surface area contributed by atoms with E-state index in [4.69, 9.17) is 13.8 Å². The molecule has 0 unspecified atom stereocenters. The van der Waals surface area contributed by atoms with E-state index < -0.39 is 39.6 Å². The predicted molar refractivity (Wildman–Crippen MR) is 85.0 cm³/mol. The number of benzene rings is 1. The second-order valence-corrected chi connectivity index (χ2v) is 7.83. The first-order chi connectivity index (χ1) is 11.4. The standard InChI is InChI=1S/C15H21F2NO6S/c1-15(2,3)23-14(19)18-22-6-5-13(24-25(4,20)21)10-7-11(16)9-12(17)8-10/h7-9,13H,5-6H2,1-4H3,(H,18,19)/t13-/m1/s1. The number of ether oxygens (including phenoxy) is 1. The molecule has 142 valence electrons. The van der Waals surface area contributed by atoms with E-state index in [2.05, 4.69) is 0 Å². The Labute approximate surface area is 145 Å². The van der Waals surface area contributed by atoms with Gasteiger partial charge < -0.3 is 4.74 Å². The Kier molecular flexibility index (Phi) is 7.27. The van der Waals surface area contributed by atoms with E-state index in [9.17, 15) is 22.0 Å². The maximum atomic E-state index is 13.3. The van der Waals surface area contributed by atoms with Crippen molar-refractivity contribution in [3.8, 4) is 0 Å². The molecule has 1 amide bonds. The molecule has 1 N–H and O–H groups in total. The highest BCUT2D eigenvalue weighted by Crippen LogP contribution is 2.25. The summed E-state index contributed by atoms with van der Waals surface area (Å²) in [7, 11) is -3.89. The zero-order valence-corrected chi connectivity index (χ0v) is 15.2. The predicted octanol–water partition coefficient (Wildman–Crippen LogP) is 2.83. The van der Waals surface area contributed by atoms with Crippen LogP contribution < -0.4 is 5.48 Å². The van der Waals surface area contributed by atoms with Crippen molar-refractivity contribution in [2.24, 2.45) is 0 Å². The summed E-state index contributed by atoms with van der Waals surface area (Å²) in [5.74, 6) is -1.74. The minimum atomic E-state index is -3.89. The molecule has 0 radical (unpaired) electrons. The lowest BCUT2D eigenvalue weighted by Gasteiger charge is -2.20. The lowest BCUT2D eigenvalue weighted by molar-refractivity contribution is -0.0143. The molecule has 0 aliphatic heterocycles. The first-order valence-electron chi connectivity index (χ1n) is 7.31. The van der Waals surface area contributed by atoms with Crippen molar-refractivity contribution in [2.45, 2.75) is 38.9 Å². The molecule has 0 fully saturated rings. The Morgan fingerprint density at radius 2 is 1.76 bits per heavy atom. The normalized spacial score (nSPS) is 13.4. The fourth-order valence-electron chi connectivity index (χ4n) is 1.82. The quantitative estimate of drug-likeness (QED) is 0.444. The van der Waals surface area contributed by atoms with Gasteiger partial charge in [0.15, 0.2) is 0 Å². The third kappa shape index (κ3) is 9.32. The number of hydrogen-bond acceptors (Lipinski definition) is 6. The Balaban J connectivity index is 2.68. The van der Waals surface area contributed by atoms with Gasteiger partial charge in [-0.1, -0.05) is 0 Å². The van der Waals surface area contributed by atoms with Crippen LogP contribution in [0.2, 0.25) is 0 Å².